The van der Waals surface area contributed by atoms with Crippen molar-refractivity contribution in [1.29, 1.82) is 0 Å². The number of alkyl halides is 1. The van der Waals surface area contributed by atoms with Crippen LogP contribution in [-0.4, -0.2) is 42.8 Å². The van der Waals surface area contributed by atoms with Crippen LogP contribution in [0.2, 0.25) is 0 Å². The first-order chi connectivity index (χ1) is 8.56. The molecular weight excluding hydrogens is 292 g/mol. The van der Waals surface area contributed by atoms with Crippen molar-refractivity contribution in [3.63, 3.8) is 0 Å². The number of rotatable bonds is 4. The molecule has 0 bridgehead atoms. The molecule has 0 spiro atoms. The molecule has 1 aromatic rings. The molecule has 0 aromatic heterocycles. The van der Waals surface area contributed by atoms with Gasteiger partial charge >= 0.3 is 0 Å². The zero-order valence-corrected chi connectivity index (χ0v) is 12.5. The molecule has 18 heavy (non-hydrogen) atoms. The lowest BCUT2D eigenvalue weighted by molar-refractivity contribution is -0.117. The molecular formula is C14H19BrN2O. The highest BCUT2D eigenvalue weighted by molar-refractivity contribution is 9.09. The molecule has 0 N–H and O–H groups in total. The van der Waals surface area contributed by atoms with Crippen molar-refractivity contribution >= 4 is 27.5 Å². The smallest absolute Gasteiger partial charge is 0.228 e. The van der Waals surface area contributed by atoms with Crippen LogP contribution < -0.4 is 4.90 Å². The first-order valence-electron chi connectivity index (χ1n) is 6.24. The molecule has 1 aromatic carbocycles. The van der Waals surface area contributed by atoms with E-state index in [0.29, 0.717) is 11.2 Å². The highest BCUT2D eigenvalue weighted by Crippen LogP contribution is 2.25. The topological polar surface area (TPSA) is 23.6 Å². The number of nitrogens with zero attached hydrogens (tertiary/aromatic N) is 2. The molecule has 1 atom stereocenters. The van der Waals surface area contributed by atoms with Crippen LogP contribution in [0, 0.1) is 0 Å². The fraction of sp³-hybridized carbons (Fsp3) is 0.500. The van der Waals surface area contributed by atoms with E-state index < -0.39 is 0 Å². The van der Waals surface area contributed by atoms with Gasteiger partial charge in [-0.15, -0.1) is 0 Å². The summed E-state index contributed by atoms with van der Waals surface area (Å²) in [5.41, 5.74) is 2.32. The highest BCUT2D eigenvalue weighted by Gasteiger charge is 2.28. The molecule has 1 amide bonds. The van der Waals surface area contributed by atoms with E-state index in [4.69, 9.17) is 0 Å². The largest absolute Gasteiger partial charge is 0.311 e. The fourth-order valence-electron chi connectivity index (χ4n) is 2.11. The highest BCUT2D eigenvalue weighted by atomic mass is 79.9. The second kappa shape index (κ2) is 5.85. The van der Waals surface area contributed by atoms with E-state index in [-0.39, 0.29) is 5.91 Å². The molecule has 1 fully saturated rings. The van der Waals surface area contributed by atoms with Gasteiger partial charge in [0.2, 0.25) is 5.91 Å². The van der Waals surface area contributed by atoms with E-state index >= 15 is 0 Å². The van der Waals surface area contributed by atoms with Gasteiger partial charge in [0, 0.05) is 30.0 Å². The maximum Gasteiger partial charge on any atom is 0.228 e. The third-order valence-electron chi connectivity index (χ3n) is 3.17. The number of carbonyl (C=O) groups excluding carboxylic acids is 1. The van der Waals surface area contributed by atoms with E-state index in [0.717, 1.165) is 25.2 Å². The molecule has 3 nitrogen and oxygen atoms in total. The van der Waals surface area contributed by atoms with Gasteiger partial charge in [-0.3, -0.25) is 4.79 Å². The van der Waals surface area contributed by atoms with Crippen LogP contribution in [0.1, 0.15) is 12.0 Å². The van der Waals surface area contributed by atoms with Gasteiger partial charge in [-0.2, -0.15) is 0 Å². The molecule has 1 aliphatic heterocycles. The second-order valence-electron chi connectivity index (χ2n) is 5.03. The van der Waals surface area contributed by atoms with Gasteiger partial charge in [-0.05, 0) is 38.2 Å². The zero-order valence-electron chi connectivity index (χ0n) is 10.9. The average Bonchev–Trinajstić information content (AvgIpc) is 2.66. The molecule has 0 radical (unpaired) electrons. The first-order valence-corrected chi connectivity index (χ1v) is 7.16. The van der Waals surface area contributed by atoms with Gasteiger partial charge < -0.3 is 9.80 Å². The molecule has 1 saturated heterocycles. The number of anilines is 1. The second-order valence-corrected chi connectivity index (χ2v) is 6.32. The number of benzene rings is 1. The lowest BCUT2D eigenvalue weighted by Crippen LogP contribution is -2.24. The van der Waals surface area contributed by atoms with Crippen LogP contribution in [0.3, 0.4) is 0 Å². The first kappa shape index (κ1) is 13.6. The summed E-state index contributed by atoms with van der Waals surface area (Å²) in [7, 11) is 4.15. The number of carbonyl (C=O) groups is 1. The van der Waals surface area contributed by atoms with Crippen LogP contribution in [0.4, 0.5) is 5.69 Å². The molecule has 0 aliphatic carbocycles. The van der Waals surface area contributed by atoms with Gasteiger partial charge in [0.15, 0.2) is 0 Å². The molecule has 1 aliphatic rings. The van der Waals surface area contributed by atoms with Crippen LogP contribution in [0.5, 0.6) is 0 Å². The maximum atomic E-state index is 11.8. The van der Waals surface area contributed by atoms with E-state index in [2.05, 4.69) is 47.1 Å². The Bertz CT molecular complexity index is 416. The van der Waals surface area contributed by atoms with Crippen molar-refractivity contribution in [3.8, 4) is 0 Å². The van der Waals surface area contributed by atoms with Gasteiger partial charge in [0.1, 0.15) is 0 Å². The molecule has 0 saturated carbocycles. The summed E-state index contributed by atoms with van der Waals surface area (Å²) in [6, 6.07) is 8.34. The Labute approximate surface area is 117 Å². The summed E-state index contributed by atoms with van der Waals surface area (Å²) in [4.78, 5) is 16.1. The number of likely N-dealkylation sites (N-methyl/N-ethyl adjacent to an activating group) is 1. The minimum absolute atomic E-state index is 0.206. The van der Waals surface area contributed by atoms with Crippen LogP contribution in [0.25, 0.3) is 0 Å². The van der Waals surface area contributed by atoms with Gasteiger partial charge in [-0.1, -0.05) is 28.1 Å². The summed E-state index contributed by atoms with van der Waals surface area (Å²) in [5, 5.41) is 0. The normalized spacial score (nSPS) is 19.9. The lowest BCUT2D eigenvalue weighted by atomic mass is 10.1. The summed E-state index contributed by atoms with van der Waals surface area (Å²) in [5.74, 6) is 0.206. The Morgan fingerprint density at radius 1 is 1.33 bits per heavy atom. The number of hydrogen-bond acceptors (Lipinski definition) is 2. The Hall–Kier alpha value is -0.870. The van der Waals surface area contributed by atoms with Crippen molar-refractivity contribution < 1.29 is 4.79 Å². The van der Waals surface area contributed by atoms with Crippen LogP contribution in [-0.2, 0) is 11.2 Å². The molecule has 98 valence electrons. The summed E-state index contributed by atoms with van der Waals surface area (Å²) in [6.45, 7) is 1.82. The third-order valence-corrected chi connectivity index (χ3v) is 3.79. The minimum atomic E-state index is 0.206. The van der Waals surface area contributed by atoms with Crippen LogP contribution in [0.15, 0.2) is 24.3 Å². The molecule has 1 heterocycles. The third kappa shape index (κ3) is 3.33. The van der Waals surface area contributed by atoms with Gasteiger partial charge in [0.25, 0.3) is 0 Å². The van der Waals surface area contributed by atoms with E-state index in [1.807, 2.05) is 17.0 Å². The predicted molar refractivity (Wildman–Crippen MR) is 78.4 cm³/mol. The minimum Gasteiger partial charge on any atom is -0.311 e. The average molecular weight is 311 g/mol. The summed E-state index contributed by atoms with van der Waals surface area (Å²) < 4.78 is 0. The number of halogens is 1. The molecule has 4 heteroatoms. The molecule has 2 rings (SSSR count). The molecule has 1 unspecified atom stereocenters. The van der Waals surface area contributed by atoms with Crippen molar-refractivity contribution in [2.45, 2.75) is 17.7 Å². The predicted octanol–water partition coefficient (Wildman–Crippen LogP) is 2.29. The Balaban J connectivity index is 2.01. The lowest BCUT2D eigenvalue weighted by Gasteiger charge is -2.16. The van der Waals surface area contributed by atoms with E-state index in [1.54, 1.807) is 0 Å². The zero-order chi connectivity index (χ0) is 13.1. The Morgan fingerprint density at radius 3 is 2.50 bits per heavy atom. The quantitative estimate of drug-likeness (QED) is 0.797. The van der Waals surface area contributed by atoms with Gasteiger partial charge in [0.05, 0.1) is 0 Å². The SMILES string of the molecule is CN(C)CCc1ccc(N2CC(Br)CC2=O)cc1. The van der Waals surface area contributed by atoms with Gasteiger partial charge in [-0.25, -0.2) is 0 Å². The van der Waals surface area contributed by atoms with Crippen molar-refractivity contribution in [1.82, 2.24) is 4.90 Å². The summed E-state index contributed by atoms with van der Waals surface area (Å²) >= 11 is 3.50. The Kier molecular flexibility index (Phi) is 4.40. The standard InChI is InChI=1S/C14H19BrN2O/c1-16(2)8-7-11-3-5-13(6-4-11)17-10-12(15)9-14(17)18/h3-6,12H,7-10H2,1-2H3. The number of hydrogen-bond donors (Lipinski definition) is 0. The van der Waals surface area contributed by atoms with Crippen molar-refractivity contribution in [3.05, 3.63) is 29.8 Å². The fourth-order valence-corrected chi connectivity index (χ4v) is 2.68. The number of amides is 1. The summed E-state index contributed by atoms with van der Waals surface area (Å²) in [6.07, 6.45) is 1.64. The van der Waals surface area contributed by atoms with Crippen molar-refractivity contribution in [2.24, 2.45) is 0 Å². The van der Waals surface area contributed by atoms with E-state index in [9.17, 15) is 4.79 Å². The van der Waals surface area contributed by atoms with E-state index in [1.165, 1.54) is 5.56 Å². The van der Waals surface area contributed by atoms with Crippen molar-refractivity contribution in [2.75, 3.05) is 32.1 Å². The van der Waals surface area contributed by atoms with Crippen LogP contribution >= 0.6 is 15.9 Å². The monoisotopic (exact) mass is 310 g/mol. The maximum absolute atomic E-state index is 11.8. The Morgan fingerprint density at radius 2 is 2.00 bits per heavy atom.